The molecule has 0 saturated heterocycles. The summed E-state index contributed by atoms with van der Waals surface area (Å²) < 4.78 is 0. The Hall–Kier alpha value is -0.830. The van der Waals surface area contributed by atoms with Crippen LogP contribution < -0.4 is 5.32 Å². The first-order valence-electron chi connectivity index (χ1n) is 4.92. The molecule has 2 rings (SSSR count). The molecule has 1 N–H and O–H groups in total. The lowest BCUT2D eigenvalue weighted by Crippen LogP contribution is -2.17. The molecule has 0 aromatic carbocycles. The van der Waals surface area contributed by atoms with E-state index < -0.39 is 0 Å². The normalized spacial score (nSPS) is 17.9. The molecule has 0 radical (unpaired) electrons. The van der Waals surface area contributed by atoms with Crippen molar-refractivity contribution in [2.75, 3.05) is 11.9 Å². The first kappa shape index (κ1) is 9.71. The summed E-state index contributed by atoms with van der Waals surface area (Å²) in [6, 6.07) is 0. The molecule has 1 atom stereocenters. The monoisotopic (exact) mass is 211 g/mol. The Balaban J connectivity index is 1.82. The summed E-state index contributed by atoms with van der Waals surface area (Å²) >= 11 is 6.14. The fraction of sp³-hybridized carbons (Fsp3) is 0.600. The van der Waals surface area contributed by atoms with Crippen molar-refractivity contribution in [3.05, 3.63) is 18.0 Å². The smallest absolute Gasteiger partial charge is 0.222 e. The van der Waals surface area contributed by atoms with E-state index in [0.717, 1.165) is 12.1 Å². The van der Waals surface area contributed by atoms with Gasteiger partial charge in [-0.3, -0.25) is 0 Å². The summed E-state index contributed by atoms with van der Waals surface area (Å²) in [6.07, 6.45) is 6.14. The van der Waals surface area contributed by atoms with Crippen LogP contribution in [0.1, 0.15) is 18.4 Å². The van der Waals surface area contributed by atoms with Gasteiger partial charge in [0.05, 0.1) is 5.38 Å². The Labute approximate surface area is 88.9 Å². The van der Waals surface area contributed by atoms with Gasteiger partial charge in [0.1, 0.15) is 0 Å². The molecule has 0 amide bonds. The molecule has 14 heavy (non-hydrogen) atoms. The van der Waals surface area contributed by atoms with Gasteiger partial charge in [-0.05, 0) is 31.2 Å². The van der Waals surface area contributed by atoms with Crippen LogP contribution in [0, 0.1) is 12.8 Å². The van der Waals surface area contributed by atoms with Crippen molar-refractivity contribution in [1.82, 2.24) is 9.97 Å². The largest absolute Gasteiger partial charge is 0.353 e. The number of aromatic nitrogens is 2. The third-order valence-electron chi connectivity index (χ3n) is 2.37. The first-order valence-corrected chi connectivity index (χ1v) is 5.36. The Morgan fingerprint density at radius 3 is 2.71 bits per heavy atom. The molecule has 3 nitrogen and oxygen atoms in total. The Morgan fingerprint density at radius 2 is 2.14 bits per heavy atom. The van der Waals surface area contributed by atoms with Gasteiger partial charge >= 0.3 is 0 Å². The summed E-state index contributed by atoms with van der Waals surface area (Å²) in [4.78, 5) is 8.30. The molecule has 1 heterocycles. The van der Waals surface area contributed by atoms with Gasteiger partial charge in [0.2, 0.25) is 5.95 Å². The molecular formula is C10H14ClN3. The summed E-state index contributed by atoms with van der Waals surface area (Å²) in [5.74, 6) is 1.37. The molecular weight excluding hydrogens is 198 g/mol. The maximum atomic E-state index is 6.14. The average Bonchev–Trinajstić information content (AvgIpc) is 3.00. The van der Waals surface area contributed by atoms with E-state index in [1.807, 2.05) is 6.92 Å². The lowest BCUT2D eigenvalue weighted by atomic mass is 10.3. The number of alkyl halides is 1. The average molecular weight is 212 g/mol. The summed E-state index contributed by atoms with van der Waals surface area (Å²) in [5.41, 5.74) is 1.07. The SMILES string of the molecule is Cc1cnc(NCC(Cl)C2CC2)nc1. The van der Waals surface area contributed by atoms with E-state index in [2.05, 4.69) is 15.3 Å². The van der Waals surface area contributed by atoms with Gasteiger partial charge in [0, 0.05) is 18.9 Å². The van der Waals surface area contributed by atoms with E-state index >= 15 is 0 Å². The summed E-state index contributed by atoms with van der Waals surface area (Å²) in [6.45, 7) is 2.73. The minimum absolute atomic E-state index is 0.222. The molecule has 1 aromatic rings. The van der Waals surface area contributed by atoms with Gasteiger partial charge in [-0.15, -0.1) is 11.6 Å². The van der Waals surface area contributed by atoms with Crippen molar-refractivity contribution < 1.29 is 0 Å². The van der Waals surface area contributed by atoms with Crippen molar-refractivity contribution in [2.45, 2.75) is 25.1 Å². The van der Waals surface area contributed by atoms with Crippen LogP contribution in [0.2, 0.25) is 0 Å². The van der Waals surface area contributed by atoms with Crippen LogP contribution in [-0.2, 0) is 0 Å². The second-order valence-electron chi connectivity index (χ2n) is 3.82. The van der Waals surface area contributed by atoms with Gasteiger partial charge in [-0.1, -0.05) is 0 Å². The van der Waals surface area contributed by atoms with Crippen molar-refractivity contribution >= 4 is 17.5 Å². The van der Waals surface area contributed by atoms with Gasteiger partial charge in [0.15, 0.2) is 0 Å². The van der Waals surface area contributed by atoms with Crippen molar-refractivity contribution in [3.8, 4) is 0 Å². The fourth-order valence-electron chi connectivity index (χ4n) is 1.30. The van der Waals surface area contributed by atoms with Crippen LogP contribution in [0.25, 0.3) is 0 Å². The van der Waals surface area contributed by atoms with Crippen molar-refractivity contribution in [3.63, 3.8) is 0 Å². The standard InChI is InChI=1S/C10H14ClN3/c1-7-4-12-10(13-5-7)14-6-9(11)8-2-3-8/h4-5,8-9H,2-3,6H2,1H3,(H,12,13,14). The van der Waals surface area contributed by atoms with E-state index in [9.17, 15) is 0 Å². The molecule has 1 aliphatic carbocycles. The summed E-state index contributed by atoms with van der Waals surface area (Å²) in [5, 5.41) is 3.36. The highest BCUT2D eigenvalue weighted by atomic mass is 35.5. The first-order chi connectivity index (χ1) is 6.75. The number of nitrogens with one attached hydrogen (secondary N) is 1. The maximum absolute atomic E-state index is 6.14. The number of hydrogen-bond acceptors (Lipinski definition) is 3. The Bertz CT molecular complexity index is 295. The second kappa shape index (κ2) is 4.13. The van der Waals surface area contributed by atoms with Gasteiger partial charge in [0.25, 0.3) is 0 Å². The lowest BCUT2D eigenvalue weighted by Gasteiger charge is -2.08. The molecule has 1 unspecified atom stereocenters. The highest BCUT2D eigenvalue weighted by molar-refractivity contribution is 6.21. The summed E-state index contributed by atoms with van der Waals surface area (Å²) in [7, 11) is 0. The van der Waals surface area contributed by atoms with Crippen LogP contribution in [0.5, 0.6) is 0 Å². The van der Waals surface area contributed by atoms with Crippen LogP contribution in [-0.4, -0.2) is 21.9 Å². The molecule has 1 fully saturated rings. The van der Waals surface area contributed by atoms with Crippen molar-refractivity contribution in [2.24, 2.45) is 5.92 Å². The van der Waals surface area contributed by atoms with E-state index in [-0.39, 0.29) is 5.38 Å². The van der Waals surface area contributed by atoms with E-state index in [1.54, 1.807) is 12.4 Å². The molecule has 1 aromatic heterocycles. The number of rotatable bonds is 4. The zero-order valence-electron chi connectivity index (χ0n) is 8.20. The minimum atomic E-state index is 0.222. The topological polar surface area (TPSA) is 37.8 Å². The van der Waals surface area contributed by atoms with Crippen LogP contribution in [0.4, 0.5) is 5.95 Å². The molecule has 0 spiro atoms. The van der Waals surface area contributed by atoms with E-state index in [4.69, 9.17) is 11.6 Å². The molecule has 76 valence electrons. The van der Waals surface area contributed by atoms with E-state index in [0.29, 0.717) is 11.9 Å². The lowest BCUT2D eigenvalue weighted by molar-refractivity contribution is 0.765. The van der Waals surface area contributed by atoms with Gasteiger partial charge < -0.3 is 5.32 Å². The zero-order chi connectivity index (χ0) is 9.97. The second-order valence-corrected chi connectivity index (χ2v) is 4.38. The number of aryl methyl sites for hydroxylation is 1. The molecule has 0 bridgehead atoms. The molecule has 4 heteroatoms. The number of halogens is 1. The highest BCUT2D eigenvalue weighted by Crippen LogP contribution is 2.35. The van der Waals surface area contributed by atoms with Crippen LogP contribution >= 0.6 is 11.6 Å². The Morgan fingerprint density at radius 1 is 1.50 bits per heavy atom. The Kier molecular flexibility index (Phi) is 2.87. The van der Waals surface area contributed by atoms with Gasteiger partial charge in [-0.25, -0.2) is 9.97 Å². The molecule has 0 aliphatic heterocycles. The predicted octanol–water partition coefficient (Wildman–Crippen LogP) is 2.21. The highest BCUT2D eigenvalue weighted by Gasteiger charge is 2.29. The third-order valence-corrected chi connectivity index (χ3v) is 2.88. The molecule has 1 aliphatic rings. The van der Waals surface area contributed by atoms with Crippen LogP contribution in [0.3, 0.4) is 0 Å². The van der Waals surface area contributed by atoms with Crippen molar-refractivity contribution in [1.29, 1.82) is 0 Å². The maximum Gasteiger partial charge on any atom is 0.222 e. The van der Waals surface area contributed by atoms with E-state index in [1.165, 1.54) is 12.8 Å². The third kappa shape index (κ3) is 2.58. The number of nitrogens with zero attached hydrogens (tertiary/aromatic N) is 2. The quantitative estimate of drug-likeness (QED) is 0.777. The predicted molar refractivity (Wildman–Crippen MR) is 57.6 cm³/mol. The van der Waals surface area contributed by atoms with Gasteiger partial charge in [-0.2, -0.15) is 0 Å². The number of anilines is 1. The fourth-order valence-corrected chi connectivity index (χ4v) is 1.63. The zero-order valence-corrected chi connectivity index (χ0v) is 8.96. The van der Waals surface area contributed by atoms with Crippen LogP contribution in [0.15, 0.2) is 12.4 Å². The molecule has 1 saturated carbocycles. The number of hydrogen-bond donors (Lipinski definition) is 1. The minimum Gasteiger partial charge on any atom is -0.353 e.